The van der Waals surface area contributed by atoms with E-state index in [0.29, 0.717) is 23.6 Å². The van der Waals surface area contributed by atoms with E-state index in [1.54, 1.807) is 31.2 Å². The number of carbonyl (C=O) groups excluding carboxylic acids is 1. The van der Waals surface area contributed by atoms with Gasteiger partial charge in [-0.15, -0.1) is 0 Å². The molecule has 1 heterocycles. The van der Waals surface area contributed by atoms with Crippen molar-refractivity contribution in [2.24, 2.45) is 5.92 Å². The summed E-state index contributed by atoms with van der Waals surface area (Å²) in [6.07, 6.45) is 1.18. The number of amides is 1. The number of benzene rings is 2. The van der Waals surface area contributed by atoms with Crippen LogP contribution in [0.3, 0.4) is 0 Å². The summed E-state index contributed by atoms with van der Waals surface area (Å²) in [4.78, 5) is 24.2. The van der Waals surface area contributed by atoms with E-state index in [-0.39, 0.29) is 5.91 Å². The fourth-order valence-corrected chi connectivity index (χ4v) is 3.26. The molecule has 2 N–H and O–H groups in total. The molecule has 0 saturated heterocycles. The standard InChI is InChI=1S/C20H20ClNO4/c1-12(10-13-4-2-3-5-16(13)21)19(23)22-18(20(24)25)15-6-7-17-14(11-15)8-9-26-17/h2-7,11-12,18H,8-10H2,1H3,(H,22,23)(H,24,25). The first-order valence-corrected chi connectivity index (χ1v) is 8.85. The Morgan fingerprint density at radius 2 is 2.04 bits per heavy atom. The van der Waals surface area contributed by atoms with Gasteiger partial charge in [0.1, 0.15) is 5.75 Å². The van der Waals surface area contributed by atoms with E-state index in [4.69, 9.17) is 16.3 Å². The van der Waals surface area contributed by atoms with Crippen molar-refractivity contribution in [2.45, 2.75) is 25.8 Å². The lowest BCUT2D eigenvalue weighted by Crippen LogP contribution is -2.37. The molecule has 1 aliphatic rings. The van der Waals surface area contributed by atoms with Gasteiger partial charge in [0, 0.05) is 17.4 Å². The number of carboxylic acids is 1. The van der Waals surface area contributed by atoms with Crippen molar-refractivity contribution in [3.63, 3.8) is 0 Å². The molecule has 136 valence electrons. The molecular weight excluding hydrogens is 354 g/mol. The van der Waals surface area contributed by atoms with Crippen molar-refractivity contribution in [3.05, 3.63) is 64.2 Å². The molecule has 3 rings (SSSR count). The maximum absolute atomic E-state index is 12.5. The minimum Gasteiger partial charge on any atom is -0.493 e. The SMILES string of the molecule is CC(Cc1ccccc1Cl)C(=O)NC(C(=O)O)c1ccc2c(c1)CCO2. The normalized spacial score (nSPS) is 14.8. The van der Waals surface area contributed by atoms with Gasteiger partial charge in [-0.25, -0.2) is 4.79 Å². The van der Waals surface area contributed by atoms with Gasteiger partial charge in [0.2, 0.25) is 5.91 Å². The Morgan fingerprint density at radius 3 is 2.77 bits per heavy atom. The van der Waals surface area contributed by atoms with E-state index in [1.807, 2.05) is 18.2 Å². The van der Waals surface area contributed by atoms with Crippen LogP contribution in [-0.4, -0.2) is 23.6 Å². The van der Waals surface area contributed by atoms with E-state index in [1.165, 1.54) is 0 Å². The largest absolute Gasteiger partial charge is 0.493 e. The molecule has 0 fully saturated rings. The second kappa shape index (κ2) is 7.79. The van der Waals surface area contributed by atoms with Crippen molar-refractivity contribution >= 4 is 23.5 Å². The van der Waals surface area contributed by atoms with Crippen LogP contribution in [0, 0.1) is 5.92 Å². The average molecular weight is 374 g/mol. The highest BCUT2D eigenvalue weighted by atomic mass is 35.5. The molecular formula is C20H20ClNO4. The topological polar surface area (TPSA) is 75.6 Å². The van der Waals surface area contributed by atoms with Gasteiger partial charge in [0.25, 0.3) is 0 Å². The minimum atomic E-state index is -1.10. The summed E-state index contributed by atoms with van der Waals surface area (Å²) in [6, 6.07) is 11.5. The zero-order chi connectivity index (χ0) is 18.7. The van der Waals surface area contributed by atoms with E-state index >= 15 is 0 Å². The van der Waals surface area contributed by atoms with Crippen LogP contribution in [0.15, 0.2) is 42.5 Å². The summed E-state index contributed by atoms with van der Waals surface area (Å²) in [5.74, 6) is -1.05. The second-order valence-electron chi connectivity index (χ2n) is 6.44. The summed E-state index contributed by atoms with van der Waals surface area (Å²) in [6.45, 7) is 2.35. The number of hydrogen-bond donors (Lipinski definition) is 2. The van der Waals surface area contributed by atoms with Crippen molar-refractivity contribution < 1.29 is 19.4 Å². The minimum absolute atomic E-state index is 0.325. The summed E-state index contributed by atoms with van der Waals surface area (Å²) in [5, 5.41) is 12.8. The maximum atomic E-state index is 12.5. The summed E-state index contributed by atoms with van der Waals surface area (Å²) in [7, 11) is 0. The van der Waals surface area contributed by atoms with Crippen molar-refractivity contribution in [2.75, 3.05) is 6.61 Å². The number of carboxylic acid groups (broad SMARTS) is 1. The third-order valence-electron chi connectivity index (χ3n) is 4.51. The molecule has 0 aliphatic carbocycles. The zero-order valence-electron chi connectivity index (χ0n) is 14.4. The van der Waals surface area contributed by atoms with Gasteiger partial charge in [-0.3, -0.25) is 4.79 Å². The van der Waals surface area contributed by atoms with Crippen LogP contribution in [0.25, 0.3) is 0 Å². The lowest BCUT2D eigenvalue weighted by molar-refractivity contribution is -0.142. The molecule has 5 nitrogen and oxygen atoms in total. The lowest BCUT2D eigenvalue weighted by Gasteiger charge is -2.19. The molecule has 2 unspecified atom stereocenters. The highest BCUT2D eigenvalue weighted by Crippen LogP contribution is 2.28. The predicted octanol–water partition coefficient (Wildman–Crippen LogP) is 3.40. The molecule has 6 heteroatoms. The number of halogens is 1. The highest BCUT2D eigenvalue weighted by Gasteiger charge is 2.26. The summed E-state index contributed by atoms with van der Waals surface area (Å²) in [5.41, 5.74) is 2.37. The maximum Gasteiger partial charge on any atom is 0.330 e. The van der Waals surface area contributed by atoms with Gasteiger partial charge in [0.15, 0.2) is 6.04 Å². The van der Waals surface area contributed by atoms with Gasteiger partial charge in [-0.1, -0.05) is 42.8 Å². The van der Waals surface area contributed by atoms with Crippen molar-refractivity contribution in [3.8, 4) is 5.75 Å². The molecule has 1 aliphatic heterocycles. The van der Waals surface area contributed by atoms with Gasteiger partial charge >= 0.3 is 5.97 Å². The molecule has 2 aromatic rings. The zero-order valence-corrected chi connectivity index (χ0v) is 15.1. The molecule has 0 aromatic heterocycles. The lowest BCUT2D eigenvalue weighted by atomic mass is 9.98. The molecule has 2 atom stereocenters. The van der Waals surface area contributed by atoms with Crippen LogP contribution in [0.5, 0.6) is 5.75 Å². The first-order valence-electron chi connectivity index (χ1n) is 8.48. The highest BCUT2D eigenvalue weighted by molar-refractivity contribution is 6.31. The van der Waals surface area contributed by atoms with Gasteiger partial charge < -0.3 is 15.2 Å². The summed E-state index contributed by atoms with van der Waals surface area (Å²) < 4.78 is 5.44. The fraction of sp³-hybridized carbons (Fsp3) is 0.300. The van der Waals surface area contributed by atoms with Crippen LogP contribution in [-0.2, 0) is 22.4 Å². The second-order valence-corrected chi connectivity index (χ2v) is 6.85. The van der Waals surface area contributed by atoms with Crippen molar-refractivity contribution in [1.29, 1.82) is 0 Å². The van der Waals surface area contributed by atoms with E-state index in [9.17, 15) is 14.7 Å². The summed E-state index contributed by atoms with van der Waals surface area (Å²) >= 11 is 6.14. The first-order chi connectivity index (χ1) is 12.5. The van der Waals surface area contributed by atoms with Crippen LogP contribution in [0.4, 0.5) is 0 Å². The Hall–Kier alpha value is -2.53. The molecule has 0 radical (unpaired) electrons. The number of ether oxygens (including phenoxy) is 1. The van der Waals surface area contributed by atoms with Crippen LogP contribution in [0.2, 0.25) is 5.02 Å². The van der Waals surface area contributed by atoms with E-state index in [0.717, 1.165) is 23.3 Å². The Bertz CT molecular complexity index is 836. The molecule has 26 heavy (non-hydrogen) atoms. The van der Waals surface area contributed by atoms with Gasteiger partial charge in [-0.2, -0.15) is 0 Å². The molecule has 0 bridgehead atoms. The molecule has 2 aromatic carbocycles. The van der Waals surface area contributed by atoms with Crippen LogP contribution in [0.1, 0.15) is 29.7 Å². The Labute approximate surface area is 156 Å². The monoisotopic (exact) mass is 373 g/mol. The number of carbonyl (C=O) groups is 2. The number of hydrogen-bond acceptors (Lipinski definition) is 3. The number of nitrogens with one attached hydrogen (secondary N) is 1. The number of rotatable bonds is 6. The van der Waals surface area contributed by atoms with Crippen LogP contribution >= 0.6 is 11.6 Å². The molecule has 0 spiro atoms. The smallest absolute Gasteiger partial charge is 0.330 e. The Balaban J connectivity index is 1.72. The number of fused-ring (bicyclic) bond motifs is 1. The Morgan fingerprint density at radius 1 is 1.27 bits per heavy atom. The third-order valence-corrected chi connectivity index (χ3v) is 4.88. The Kier molecular flexibility index (Phi) is 5.47. The predicted molar refractivity (Wildman–Crippen MR) is 98.5 cm³/mol. The van der Waals surface area contributed by atoms with Gasteiger partial charge in [0.05, 0.1) is 6.61 Å². The van der Waals surface area contributed by atoms with Gasteiger partial charge in [-0.05, 0) is 41.3 Å². The fourth-order valence-electron chi connectivity index (χ4n) is 3.04. The molecule has 1 amide bonds. The van der Waals surface area contributed by atoms with Crippen molar-refractivity contribution in [1.82, 2.24) is 5.32 Å². The van der Waals surface area contributed by atoms with E-state index in [2.05, 4.69) is 5.32 Å². The third kappa shape index (κ3) is 3.99. The van der Waals surface area contributed by atoms with Crippen LogP contribution < -0.4 is 10.1 Å². The number of aliphatic carboxylic acids is 1. The van der Waals surface area contributed by atoms with E-state index < -0.39 is 17.9 Å². The quantitative estimate of drug-likeness (QED) is 0.813. The molecule has 0 saturated carbocycles. The average Bonchev–Trinajstić information content (AvgIpc) is 3.08. The first kappa shape index (κ1) is 18.3.